The van der Waals surface area contributed by atoms with Gasteiger partial charge in [0.1, 0.15) is 0 Å². The second-order valence-electron chi connectivity index (χ2n) is 3.20. The molecule has 0 aliphatic carbocycles. The average Bonchev–Trinajstić information content (AvgIpc) is 2.29. The van der Waals surface area contributed by atoms with E-state index >= 15 is 0 Å². The largest absolute Gasteiger partial charge is 0.478 e. The maximum atomic E-state index is 11.1. The van der Waals surface area contributed by atoms with Gasteiger partial charge in [0.05, 0.1) is 11.3 Å². The van der Waals surface area contributed by atoms with Crippen molar-refractivity contribution < 1.29 is 19.9 Å². The van der Waals surface area contributed by atoms with Gasteiger partial charge in [-0.2, -0.15) is 0 Å². The molecule has 0 aliphatic rings. The minimum atomic E-state index is -1.07. The van der Waals surface area contributed by atoms with Crippen molar-refractivity contribution in [1.29, 1.82) is 0 Å². The molecule has 0 unspecified atom stereocenters. The van der Waals surface area contributed by atoms with Crippen LogP contribution >= 0.6 is 0 Å². The number of nitrogens with zero attached hydrogens (tertiary/aromatic N) is 2. The van der Waals surface area contributed by atoms with Gasteiger partial charge in [0.15, 0.2) is 5.78 Å². The van der Waals surface area contributed by atoms with Gasteiger partial charge >= 0.3 is 5.97 Å². The van der Waals surface area contributed by atoms with Crippen LogP contribution in [-0.2, 0) is 4.79 Å². The lowest BCUT2D eigenvalue weighted by molar-refractivity contribution is -0.111. The van der Waals surface area contributed by atoms with Crippen LogP contribution < -0.4 is 10.9 Å². The first-order valence-electron chi connectivity index (χ1n) is 4.58. The Hall–Kier alpha value is -2.41. The molecule has 0 fully saturated rings. The Morgan fingerprint density at radius 1 is 1.29 bits per heavy atom. The fourth-order valence-electron chi connectivity index (χ4n) is 1.18. The molecular formula is C10H11N3O4. The Labute approximate surface area is 96.7 Å². The minimum Gasteiger partial charge on any atom is -0.478 e. The summed E-state index contributed by atoms with van der Waals surface area (Å²) in [5.41, 5.74) is 0.422. The van der Waals surface area contributed by atoms with E-state index in [9.17, 15) is 9.59 Å². The number of carboxylic acid groups (broad SMARTS) is 1. The Bertz CT molecular complexity index is 467. The SMILES string of the molecule is CC(=O)C(=NO)N(N)c1ccc(C(=O)O)cc1. The fourth-order valence-corrected chi connectivity index (χ4v) is 1.18. The molecule has 4 N–H and O–H groups in total. The first-order valence-corrected chi connectivity index (χ1v) is 4.58. The molecule has 1 rings (SSSR count). The summed E-state index contributed by atoms with van der Waals surface area (Å²) in [6.45, 7) is 1.19. The van der Waals surface area contributed by atoms with Gasteiger partial charge in [-0.25, -0.2) is 10.6 Å². The van der Waals surface area contributed by atoms with Crippen molar-refractivity contribution in [3.63, 3.8) is 0 Å². The highest BCUT2D eigenvalue weighted by molar-refractivity contribution is 6.42. The number of carboxylic acids is 1. The molecule has 0 bridgehead atoms. The van der Waals surface area contributed by atoms with Gasteiger partial charge in [0.25, 0.3) is 0 Å². The molecule has 0 radical (unpaired) electrons. The van der Waals surface area contributed by atoms with Gasteiger partial charge in [0, 0.05) is 6.92 Å². The van der Waals surface area contributed by atoms with Crippen LogP contribution in [0.4, 0.5) is 5.69 Å². The topological polar surface area (TPSA) is 116 Å². The molecule has 0 atom stereocenters. The minimum absolute atomic E-state index is 0.0902. The van der Waals surface area contributed by atoms with E-state index in [1.165, 1.54) is 31.2 Å². The first kappa shape index (κ1) is 12.7. The number of oxime groups is 1. The number of hydrogen-bond acceptors (Lipinski definition) is 5. The second kappa shape index (κ2) is 5.08. The number of hydrazine groups is 1. The molecular weight excluding hydrogens is 226 g/mol. The lowest BCUT2D eigenvalue weighted by atomic mass is 10.2. The van der Waals surface area contributed by atoms with Crippen molar-refractivity contribution in [2.75, 3.05) is 5.01 Å². The van der Waals surface area contributed by atoms with Gasteiger partial charge < -0.3 is 10.3 Å². The lowest BCUT2D eigenvalue weighted by Crippen LogP contribution is -2.41. The van der Waals surface area contributed by atoms with Crippen molar-refractivity contribution in [3.8, 4) is 0 Å². The van der Waals surface area contributed by atoms with Crippen LogP contribution in [0, 0.1) is 0 Å². The van der Waals surface area contributed by atoms with E-state index in [4.69, 9.17) is 16.2 Å². The van der Waals surface area contributed by atoms with Gasteiger partial charge in [0.2, 0.25) is 5.84 Å². The number of benzene rings is 1. The summed E-state index contributed by atoms with van der Waals surface area (Å²) in [5.74, 6) is 3.63. The highest BCUT2D eigenvalue weighted by atomic mass is 16.4. The third kappa shape index (κ3) is 2.79. The van der Waals surface area contributed by atoms with Crippen molar-refractivity contribution in [2.24, 2.45) is 11.0 Å². The van der Waals surface area contributed by atoms with Crippen LogP contribution in [0.3, 0.4) is 0 Å². The summed E-state index contributed by atoms with van der Waals surface area (Å²) in [6.07, 6.45) is 0. The van der Waals surface area contributed by atoms with Crippen LogP contribution in [-0.4, -0.2) is 27.9 Å². The number of rotatable bonds is 3. The highest BCUT2D eigenvalue weighted by Crippen LogP contribution is 2.13. The number of aromatic carboxylic acids is 1. The van der Waals surface area contributed by atoms with E-state index in [0.29, 0.717) is 5.69 Å². The smallest absolute Gasteiger partial charge is 0.335 e. The third-order valence-electron chi connectivity index (χ3n) is 2.03. The van der Waals surface area contributed by atoms with Gasteiger partial charge in [-0.3, -0.25) is 9.80 Å². The van der Waals surface area contributed by atoms with Crippen molar-refractivity contribution >= 4 is 23.3 Å². The van der Waals surface area contributed by atoms with E-state index in [-0.39, 0.29) is 11.4 Å². The molecule has 90 valence electrons. The summed E-state index contributed by atoms with van der Waals surface area (Å²) in [4.78, 5) is 21.7. The Kier molecular flexibility index (Phi) is 3.78. The van der Waals surface area contributed by atoms with E-state index in [1.807, 2.05) is 0 Å². The molecule has 0 aromatic heterocycles. The molecule has 0 aliphatic heterocycles. The monoisotopic (exact) mass is 237 g/mol. The van der Waals surface area contributed by atoms with Crippen LogP contribution in [0.15, 0.2) is 29.4 Å². The fraction of sp³-hybridized carbons (Fsp3) is 0.100. The zero-order chi connectivity index (χ0) is 13.0. The third-order valence-corrected chi connectivity index (χ3v) is 2.03. The average molecular weight is 237 g/mol. The quantitative estimate of drug-likeness (QED) is 0.231. The lowest BCUT2D eigenvalue weighted by Gasteiger charge is -2.17. The molecule has 0 spiro atoms. The number of Topliss-reactive ketones (excluding diaryl/α,β-unsaturated/α-hetero) is 1. The summed E-state index contributed by atoms with van der Waals surface area (Å²) in [6, 6.07) is 5.45. The Morgan fingerprint density at radius 2 is 1.82 bits per heavy atom. The Balaban J connectivity index is 3.01. The van der Waals surface area contributed by atoms with Gasteiger partial charge in [-0.1, -0.05) is 5.16 Å². The number of carbonyl (C=O) groups excluding carboxylic acids is 1. The maximum Gasteiger partial charge on any atom is 0.335 e. The second-order valence-corrected chi connectivity index (χ2v) is 3.20. The molecule has 0 heterocycles. The summed E-state index contributed by atoms with van der Waals surface area (Å²) in [5, 5.41) is 21.0. The number of hydrogen-bond donors (Lipinski definition) is 3. The molecule has 0 saturated heterocycles. The number of ketones is 1. The van der Waals surface area contributed by atoms with E-state index in [2.05, 4.69) is 5.16 Å². The van der Waals surface area contributed by atoms with Crippen LogP contribution in [0.5, 0.6) is 0 Å². The normalized spacial score (nSPS) is 11.1. The summed E-state index contributed by atoms with van der Waals surface area (Å²) in [7, 11) is 0. The zero-order valence-corrected chi connectivity index (χ0v) is 8.99. The number of nitrogens with two attached hydrogens (primary N) is 1. The number of carbonyl (C=O) groups is 2. The molecule has 0 amide bonds. The predicted octanol–water partition coefficient (Wildman–Crippen LogP) is 0.442. The standard InChI is InChI=1S/C10H11N3O4/c1-6(14)9(12-17)13(11)8-4-2-7(3-5-8)10(15)16/h2-5,17H,11H2,1H3,(H,15,16). The summed E-state index contributed by atoms with van der Waals surface area (Å²) < 4.78 is 0. The number of anilines is 1. The predicted molar refractivity (Wildman–Crippen MR) is 60.0 cm³/mol. The van der Waals surface area contributed by atoms with Crippen molar-refractivity contribution in [2.45, 2.75) is 6.92 Å². The van der Waals surface area contributed by atoms with Gasteiger partial charge in [-0.15, -0.1) is 0 Å². The molecule has 17 heavy (non-hydrogen) atoms. The molecule has 1 aromatic rings. The van der Waals surface area contributed by atoms with Gasteiger partial charge in [-0.05, 0) is 24.3 Å². The molecule has 7 heteroatoms. The zero-order valence-electron chi connectivity index (χ0n) is 8.99. The van der Waals surface area contributed by atoms with Crippen LogP contribution in [0.1, 0.15) is 17.3 Å². The Morgan fingerprint density at radius 3 is 2.18 bits per heavy atom. The first-order chi connectivity index (χ1) is 7.97. The number of amidine groups is 1. The molecule has 0 saturated carbocycles. The van der Waals surface area contributed by atoms with E-state index in [1.54, 1.807) is 0 Å². The highest BCUT2D eigenvalue weighted by Gasteiger charge is 2.15. The van der Waals surface area contributed by atoms with E-state index in [0.717, 1.165) is 5.01 Å². The maximum absolute atomic E-state index is 11.1. The van der Waals surface area contributed by atoms with Crippen molar-refractivity contribution in [1.82, 2.24) is 0 Å². The van der Waals surface area contributed by atoms with E-state index < -0.39 is 11.8 Å². The molecule has 1 aromatic carbocycles. The molecule has 7 nitrogen and oxygen atoms in total. The van der Waals surface area contributed by atoms with Crippen molar-refractivity contribution in [3.05, 3.63) is 29.8 Å². The van der Waals surface area contributed by atoms with Crippen LogP contribution in [0.2, 0.25) is 0 Å². The van der Waals surface area contributed by atoms with Crippen LogP contribution in [0.25, 0.3) is 0 Å². The summed E-state index contributed by atoms with van der Waals surface area (Å²) >= 11 is 0.